The number of nitrogens with one attached hydrogen (secondary N) is 1. The highest BCUT2D eigenvalue weighted by Crippen LogP contribution is 2.24. The van der Waals surface area contributed by atoms with Gasteiger partial charge in [0.1, 0.15) is 23.3 Å². The van der Waals surface area contributed by atoms with Gasteiger partial charge in [-0.25, -0.2) is 8.78 Å². The fourth-order valence-corrected chi connectivity index (χ4v) is 2.76. The lowest BCUT2D eigenvalue weighted by atomic mass is 9.95. The molecule has 1 aromatic carbocycles. The molecule has 2 aromatic rings. The fourth-order valence-electron chi connectivity index (χ4n) is 1.98. The van der Waals surface area contributed by atoms with E-state index >= 15 is 0 Å². The molecule has 2 N–H and O–H groups in total. The number of aliphatic hydroxyl groups is 1. The standard InChI is InChI=1S/C15H14F2N2OS/c1-15(20,13-3-2-11(16)5-14(13)17)9-19-7-12-4-10(6-18)8-21-12/h2-5,8,19-20H,7,9H2,1H3. The lowest BCUT2D eigenvalue weighted by molar-refractivity contribution is 0.0529. The Hall–Kier alpha value is -1.81. The van der Waals surface area contributed by atoms with Crippen LogP contribution in [0.1, 0.15) is 22.9 Å². The molecule has 2 rings (SSSR count). The summed E-state index contributed by atoms with van der Waals surface area (Å²) in [6.07, 6.45) is 0. The van der Waals surface area contributed by atoms with E-state index in [9.17, 15) is 13.9 Å². The number of hydrogen-bond acceptors (Lipinski definition) is 4. The van der Waals surface area contributed by atoms with E-state index in [0.29, 0.717) is 12.1 Å². The second-order valence-corrected chi connectivity index (χ2v) is 5.91. The zero-order valence-corrected chi connectivity index (χ0v) is 12.2. The SMILES string of the molecule is CC(O)(CNCc1cc(C#N)cs1)c1ccc(F)cc1F. The minimum atomic E-state index is -1.45. The van der Waals surface area contributed by atoms with Crippen LogP contribution in [0.4, 0.5) is 8.78 Å². The highest BCUT2D eigenvalue weighted by atomic mass is 32.1. The Morgan fingerprint density at radius 3 is 2.76 bits per heavy atom. The topological polar surface area (TPSA) is 56.0 Å². The van der Waals surface area contributed by atoms with Gasteiger partial charge in [-0.15, -0.1) is 11.3 Å². The Balaban J connectivity index is 1.99. The first kappa shape index (κ1) is 15.6. The molecule has 0 saturated heterocycles. The van der Waals surface area contributed by atoms with Crippen molar-refractivity contribution in [1.82, 2.24) is 5.32 Å². The van der Waals surface area contributed by atoms with Crippen LogP contribution in [0.25, 0.3) is 0 Å². The van der Waals surface area contributed by atoms with Gasteiger partial charge < -0.3 is 10.4 Å². The average Bonchev–Trinajstić information content (AvgIpc) is 2.86. The van der Waals surface area contributed by atoms with E-state index in [0.717, 1.165) is 17.0 Å². The molecule has 6 heteroatoms. The molecular weight excluding hydrogens is 294 g/mol. The number of halogens is 2. The minimum absolute atomic E-state index is 0.0419. The minimum Gasteiger partial charge on any atom is -0.384 e. The molecule has 0 aliphatic heterocycles. The van der Waals surface area contributed by atoms with Crippen LogP contribution in [-0.2, 0) is 12.1 Å². The van der Waals surface area contributed by atoms with Gasteiger partial charge in [0.2, 0.25) is 0 Å². The van der Waals surface area contributed by atoms with Gasteiger partial charge in [0.25, 0.3) is 0 Å². The third kappa shape index (κ3) is 3.85. The summed E-state index contributed by atoms with van der Waals surface area (Å²) >= 11 is 1.44. The van der Waals surface area contributed by atoms with E-state index in [2.05, 4.69) is 5.32 Å². The molecule has 1 unspecified atom stereocenters. The molecule has 1 atom stereocenters. The zero-order chi connectivity index (χ0) is 15.5. The number of thiophene rings is 1. The van der Waals surface area contributed by atoms with Crippen LogP contribution in [0.5, 0.6) is 0 Å². The third-order valence-corrected chi connectivity index (χ3v) is 4.00. The predicted octanol–water partition coefficient (Wildman–Crippen LogP) is 2.90. The van der Waals surface area contributed by atoms with E-state index in [1.165, 1.54) is 24.3 Å². The van der Waals surface area contributed by atoms with Crippen LogP contribution in [0.3, 0.4) is 0 Å². The molecule has 21 heavy (non-hydrogen) atoms. The number of nitrogens with zero attached hydrogens (tertiary/aromatic N) is 1. The van der Waals surface area contributed by atoms with E-state index in [-0.39, 0.29) is 12.1 Å². The Bertz CT molecular complexity index is 677. The van der Waals surface area contributed by atoms with Crippen molar-refractivity contribution in [3.63, 3.8) is 0 Å². The van der Waals surface area contributed by atoms with Crippen molar-refractivity contribution in [3.05, 3.63) is 57.3 Å². The van der Waals surface area contributed by atoms with E-state index < -0.39 is 17.2 Å². The monoisotopic (exact) mass is 308 g/mol. The first-order chi connectivity index (χ1) is 9.92. The summed E-state index contributed by atoms with van der Waals surface area (Å²) in [6, 6.07) is 6.91. The lowest BCUT2D eigenvalue weighted by Crippen LogP contribution is -2.35. The van der Waals surface area contributed by atoms with Crippen molar-refractivity contribution in [2.45, 2.75) is 19.1 Å². The first-order valence-electron chi connectivity index (χ1n) is 6.28. The van der Waals surface area contributed by atoms with Gasteiger partial charge in [-0.2, -0.15) is 5.26 Å². The van der Waals surface area contributed by atoms with Crippen LogP contribution in [0.2, 0.25) is 0 Å². The average molecular weight is 308 g/mol. The van der Waals surface area contributed by atoms with Crippen molar-refractivity contribution in [2.75, 3.05) is 6.54 Å². The Morgan fingerprint density at radius 2 is 2.14 bits per heavy atom. The molecule has 3 nitrogen and oxygen atoms in total. The summed E-state index contributed by atoms with van der Waals surface area (Å²) in [7, 11) is 0. The van der Waals surface area contributed by atoms with Crippen molar-refractivity contribution in [2.24, 2.45) is 0 Å². The fraction of sp³-hybridized carbons (Fsp3) is 0.267. The van der Waals surface area contributed by atoms with Crippen LogP contribution < -0.4 is 5.32 Å². The Morgan fingerprint density at radius 1 is 1.38 bits per heavy atom. The summed E-state index contributed by atoms with van der Waals surface area (Å²) < 4.78 is 26.6. The maximum absolute atomic E-state index is 13.7. The van der Waals surface area contributed by atoms with Gasteiger partial charge in [-0.3, -0.25) is 0 Å². The quantitative estimate of drug-likeness (QED) is 0.893. The van der Waals surface area contributed by atoms with Crippen molar-refractivity contribution in [1.29, 1.82) is 5.26 Å². The van der Waals surface area contributed by atoms with Gasteiger partial charge >= 0.3 is 0 Å². The summed E-state index contributed by atoms with van der Waals surface area (Å²) in [5.74, 6) is -1.45. The molecule has 0 bridgehead atoms. The number of hydrogen-bond donors (Lipinski definition) is 2. The van der Waals surface area contributed by atoms with Crippen molar-refractivity contribution in [3.8, 4) is 6.07 Å². The number of rotatable bonds is 5. The Labute approximate surface area is 125 Å². The molecule has 1 heterocycles. The predicted molar refractivity (Wildman–Crippen MR) is 76.7 cm³/mol. The van der Waals surface area contributed by atoms with E-state index in [4.69, 9.17) is 5.26 Å². The molecule has 110 valence electrons. The molecule has 0 spiro atoms. The highest BCUT2D eigenvalue weighted by Gasteiger charge is 2.26. The van der Waals surface area contributed by atoms with Crippen molar-refractivity contribution < 1.29 is 13.9 Å². The van der Waals surface area contributed by atoms with Crippen LogP contribution >= 0.6 is 11.3 Å². The molecule has 0 radical (unpaired) electrons. The number of benzene rings is 1. The molecule has 0 saturated carbocycles. The smallest absolute Gasteiger partial charge is 0.132 e. The molecule has 0 fully saturated rings. The highest BCUT2D eigenvalue weighted by molar-refractivity contribution is 7.10. The number of nitriles is 1. The summed E-state index contributed by atoms with van der Waals surface area (Å²) in [5.41, 5.74) is -0.818. The summed E-state index contributed by atoms with van der Waals surface area (Å²) in [4.78, 5) is 0.946. The lowest BCUT2D eigenvalue weighted by Gasteiger charge is -2.24. The summed E-state index contributed by atoms with van der Waals surface area (Å²) in [5, 5.41) is 23.8. The van der Waals surface area contributed by atoms with E-state index in [1.807, 2.05) is 6.07 Å². The molecule has 0 amide bonds. The van der Waals surface area contributed by atoms with Crippen molar-refractivity contribution >= 4 is 11.3 Å². The van der Waals surface area contributed by atoms with Crippen LogP contribution in [0.15, 0.2) is 29.6 Å². The van der Waals surface area contributed by atoms with Crippen LogP contribution in [-0.4, -0.2) is 11.7 Å². The maximum Gasteiger partial charge on any atom is 0.132 e. The largest absolute Gasteiger partial charge is 0.384 e. The molecule has 0 aliphatic rings. The van der Waals surface area contributed by atoms with Gasteiger partial charge in [-0.1, -0.05) is 6.07 Å². The first-order valence-corrected chi connectivity index (χ1v) is 7.16. The zero-order valence-electron chi connectivity index (χ0n) is 11.4. The van der Waals surface area contributed by atoms with Gasteiger partial charge in [0, 0.05) is 35.0 Å². The molecular formula is C15H14F2N2OS. The maximum atomic E-state index is 13.7. The Kier molecular flexibility index (Phi) is 4.68. The van der Waals surface area contributed by atoms with E-state index in [1.54, 1.807) is 11.4 Å². The van der Waals surface area contributed by atoms with Crippen LogP contribution in [0, 0.1) is 23.0 Å². The molecule has 0 aliphatic carbocycles. The normalized spacial score (nSPS) is 13.7. The second kappa shape index (κ2) is 6.31. The molecule has 1 aromatic heterocycles. The van der Waals surface area contributed by atoms with Gasteiger partial charge in [0.05, 0.1) is 5.56 Å². The van der Waals surface area contributed by atoms with Gasteiger partial charge in [0.15, 0.2) is 0 Å². The van der Waals surface area contributed by atoms with Gasteiger partial charge in [-0.05, 0) is 19.1 Å². The second-order valence-electron chi connectivity index (χ2n) is 4.92. The third-order valence-electron chi connectivity index (χ3n) is 3.06. The summed E-state index contributed by atoms with van der Waals surface area (Å²) in [6.45, 7) is 2.03.